The second-order valence-corrected chi connectivity index (χ2v) is 7.70. The Morgan fingerprint density at radius 3 is 2.42 bits per heavy atom. The number of carbonyl (C=O) groups is 2. The van der Waals surface area contributed by atoms with Crippen molar-refractivity contribution < 1.29 is 14.3 Å². The molecule has 2 atom stereocenters. The molecule has 3 fully saturated rings. The number of carbonyl (C=O) groups excluding carboxylic acids is 2. The van der Waals surface area contributed by atoms with Crippen molar-refractivity contribution in [3.8, 4) is 0 Å². The van der Waals surface area contributed by atoms with Crippen molar-refractivity contribution in [1.82, 2.24) is 9.80 Å². The van der Waals surface area contributed by atoms with Gasteiger partial charge in [0.15, 0.2) is 0 Å². The molecule has 2 heterocycles. The van der Waals surface area contributed by atoms with Crippen molar-refractivity contribution in [3.05, 3.63) is 0 Å². The summed E-state index contributed by atoms with van der Waals surface area (Å²) in [5.74, 6) is 0.643. The Labute approximate surface area is 145 Å². The summed E-state index contributed by atoms with van der Waals surface area (Å²) in [7, 11) is 1.93. The Morgan fingerprint density at radius 2 is 1.67 bits per heavy atom. The van der Waals surface area contributed by atoms with Gasteiger partial charge in [-0.05, 0) is 38.5 Å². The zero-order chi connectivity index (χ0) is 16.9. The third kappa shape index (κ3) is 3.93. The molecular formula is C19H32N2O3. The van der Waals surface area contributed by atoms with Crippen LogP contribution in [0.4, 0.5) is 0 Å². The molecule has 2 aliphatic heterocycles. The van der Waals surface area contributed by atoms with E-state index in [0.29, 0.717) is 13.2 Å². The molecule has 0 unspecified atom stereocenters. The van der Waals surface area contributed by atoms with Gasteiger partial charge in [0.25, 0.3) is 0 Å². The maximum atomic E-state index is 13.2. The first kappa shape index (κ1) is 17.7. The summed E-state index contributed by atoms with van der Waals surface area (Å²) >= 11 is 0. The average Bonchev–Trinajstić information content (AvgIpc) is 3.08. The van der Waals surface area contributed by atoms with E-state index in [2.05, 4.69) is 4.90 Å². The van der Waals surface area contributed by atoms with Crippen molar-refractivity contribution in [2.45, 2.75) is 63.8 Å². The molecule has 0 aromatic heterocycles. The van der Waals surface area contributed by atoms with E-state index in [1.807, 2.05) is 11.9 Å². The van der Waals surface area contributed by atoms with Crippen molar-refractivity contribution in [2.24, 2.45) is 11.8 Å². The zero-order valence-corrected chi connectivity index (χ0v) is 15.0. The van der Waals surface area contributed by atoms with Gasteiger partial charge >= 0.3 is 0 Å². The van der Waals surface area contributed by atoms with E-state index in [-0.39, 0.29) is 29.7 Å². The van der Waals surface area contributed by atoms with Crippen molar-refractivity contribution in [1.29, 1.82) is 0 Å². The lowest BCUT2D eigenvalue weighted by Gasteiger charge is -2.37. The number of fused-ring (bicyclic) bond motifs is 1. The Morgan fingerprint density at radius 1 is 0.958 bits per heavy atom. The maximum absolute atomic E-state index is 13.2. The van der Waals surface area contributed by atoms with Gasteiger partial charge in [-0.3, -0.25) is 9.59 Å². The fourth-order valence-corrected chi connectivity index (χ4v) is 4.60. The van der Waals surface area contributed by atoms with E-state index in [9.17, 15) is 9.59 Å². The molecule has 0 spiro atoms. The highest BCUT2D eigenvalue weighted by atomic mass is 16.5. The molecule has 0 bridgehead atoms. The summed E-state index contributed by atoms with van der Waals surface area (Å²) in [6, 6.07) is 0.119. The lowest BCUT2D eigenvalue weighted by atomic mass is 9.94. The van der Waals surface area contributed by atoms with E-state index in [1.165, 1.54) is 0 Å². The van der Waals surface area contributed by atoms with Crippen LogP contribution in [0.3, 0.4) is 0 Å². The van der Waals surface area contributed by atoms with Crippen LogP contribution in [0.5, 0.6) is 0 Å². The van der Waals surface area contributed by atoms with Gasteiger partial charge < -0.3 is 14.5 Å². The molecule has 5 nitrogen and oxygen atoms in total. The average molecular weight is 336 g/mol. The van der Waals surface area contributed by atoms with E-state index in [1.54, 1.807) is 0 Å². The number of amides is 2. The van der Waals surface area contributed by atoms with Gasteiger partial charge in [-0.1, -0.05) is 19.3 Å². The third-order valence-corrected chi connectivity index (χ3v) is 6.07. The zero-order valence-electron chi connectivity index (χ0n) is 15.0. The predicted octanol–water partition coefficient (Wildman–Crippen LogP) is 2.44. The number of ether oxygens (including phenoxy) is 1. The van der Waals surface area contributed by atoms with Crippen LogP contribution in [0.2, 0.25) is 0 Å². The quantitative estimate of drug-likeness (QED) is 0.739. The Bertz CT molecular complexity index is 448. The lowest BCUT2D eigenvalue weighted by molar-refractivity contribution is -0.145. The summed E-state index contributed by atoms with van der Waals surface area (Å²) < 4.78 is 5.42. The Kier molecular flexibility index (Phi) is 6.14. The van der Waals surface area contributed by atoms with Gasteiger partial charge in [0.1, 0.15) is 0 Å². The molecule has 3 rings (SSSR count). The third-order valence-electron chi connectivity index (χ3n) is 6.07. The van der Waals surface area contributed by atoms with E-state index in [4.69, 9.17) is 4.74 Å². The molecule has 0 radical (unpaired) electrons. The van der Waals surface area contributed by atoms with Crippen molar-refractivity contribution in [2.75, 3.05) is 33.4 Å². The molecule has 0 aromatic carbocycles. The first-order valence-corrected chi connectivity index (χ1v) is 9.81. The van der Waals surface area contributed by atoms with Crippen molar-refractivity contribution in [3.63, 3.8) is 0 Å². The highest BCUT2D eigenvalue weighted by molar-refractivity contribution is 5.83. The normalized spacial score (nSPS) is 30.8. The van der Waals surface area contributed by atoms with E-state index in [0.717, 1.165) is 70.9 Å². The number of nitrogens with zero attached hydrogens (tertiary/aromatic N) is 2. The minimum absolute atomic E-state index is 0.0110. The summed E-state index contributed by atoms with van der Waals surface area (Å²) in [6.07, 6.45) is 9.09. The molecule has 0 N–H and O–H groups in total. The molecule has 24 heavy (non-hydrogen) atoms. The smallest absolute Gasteiger partial charge is 0.227 e. The predicted molar refractivity (Wildman–Crippen MR) is 92.5 cm³/mol. The van der Waals surface area contributed by atoms with Crippen LogP contribution < -0.4 is 0 Å². The van der Waals surface area contributed by atoms with E-state index >= 15 is 0 Å². The minimum Gasteiger partial charge on any atom is -0.381 e. The van der Waals surface area contributed by atoms with Crippen LogP contribution in [-0.4, -0.2) is 61.0 Å². The van der Waals surface area contributed by atoms with Gasteiger partial charge in [-0.25, -0.2) is 0 Å². The van der Waals surface area contributed by atoms with Crippen LogP contribution in [0.1, 0.15) is 57.8 Å². The van der Waals surface area contributed by atoms with Crippen LogP contribution >= 0.6 is 0 Å². The molecule has 1 aliphatic carbocycles. The van der Waals surface area contributed by atoms with Crippen LogP contribution in [0.15, 0.2) is 0 Å². The maximum Gasteiger partial charge on any atom is 0.227 e. The molecule has 136 valence electrons. The van der Waals surface area contributed by atoms with Crippen LogP contribution in [0, 0.1) is 11.8 Å². The number of hydrogen-bond donors (Lipinski definition) is 0. The standard InChI is InChI=1S/C19H32N2O3/c1-20-11-4-2-3-5-12-21(17-8-6-7-16(17)19(20)23)18(22)15-9-13-24-14-10-15/h15-17H,2-14H2,1H3/t16-,17+/m1/s1. The fourth-order valence-electron chi connectivity index (χ4n) is 4.60. The SMILES string of the molecule is CN1CCCCCCN(C(=O)C2CCOCC2)[C@H]2CCC[C@H]2C1=O. The monoisotopic (exact) mass is 336 g/mol. The van der Waals surface area contributed by atoms with Gasteiger partial charge in [-0.15, -0.1) is 0 Å². The van der Waals surface area contributed by atoms with Crippen molar-refractivity contribution >= 4 is 11.8 Å². The van der Waals surface area contributed by atoms with Gasteiger partial charge in [0.05, 0.1) is 5.92 Å². The van der Waals surface area contributed by atoms with Crippen LogP contribution in [0.25, 0.3) is 0 Å². The highest BCUT2D eigenvalue weighted by Crippen LogP contribution is 2.34. The molecule has 5 heteroatoms. The minimum atomic E-state index is 0.0110. The molecule has 0 aromatic rings. The highest BCUT2D eigenvalue weighted by Gasteiger charge is 2.41. The van der Waals surface area contributed by atoms with Gasteiger partial charge in [0, 0.05) is 45.3 Å². The fraction of sp³-hybridized carbons (Fsp3) is 0.895. The summed E-state index contributed by atoms with van der Waals surface area (Å²) in [6.45, 7) is 3.07. The second-order valence-electron chi connectivity index (χ2n) is 7.70. The first-order chi connectivity index (χ1) is 11.7. The number of hydrogen-bond acceptors (Lipinski definition) is 3. The summed E-state index contributed by atoms with van der Waals surface area (Å²) in [5.41, 5.74) is 0. The molecule has 2 amide bonds. The molecule has 3 aliphatic rings. The van der Waals surface area contributed by atoms with Crippen LogP contribution in [-0.2, 0) is 14.3 Å². The Balaban J connectivity index is 1.78. The molecule has 2 saturated heterocycles. The summed E-state index contributed by atoms with van der Waals surface area (Å²) in [4.78, 5) is 30.1. The topological polar surface area (TPSA) is 49.9 Å². The second kappa shape index (κ2) is 8.32. The lowest BCUT2D eigenvalue weighted by Crippen LogP contribution is -2.50. The molecule has 1 saturated carbocycles. The van der Waals surface area contributed by atoms with Gasteiger partial charge in [-0.2, -0.15) is 0 Å². The first-order valence-electron chi connectivity index (χ1n) is 9.81. The largest absolute Gasteiger partial charge is 0.381 e. The number of rotatable bonds is 1. The summed E-state index contributed by atoms with van der Waals surface area (Å²) in [5, 5.41) is 0. The Hall–Kier alpha value is -1.10. The van der Waals surface area contributed by atoms with Gasteiger partial charge in [0.2, 0.25) is 11.8 Å². The molecular weight excluding hydrogens is 304 g/mol. The van der Waals surface area contributed by atoms with E-state index < -0.39 is 0 Å².